The van der Waals surface area contributed by atoms with Gasteiger partial charge in [-0.05, 0) is 44.2 Å². The zero-order chi connectivity index (χ0) is 20.7. The SMILES string of the molecule is CCNC(=NCC(C)CSc1ccccc1OC)NCCCOCC1CCCO1.I. The van der Waals surface area contributed by atoms with E-state index >= 15 is 0 Å². The summed E-state index contributed by atoms with van der Waals surface area (Å²) >= 11 is 1.82. The molecular formula is C22H38IN3O3S. The summed E-state index contributed by atoms with van der Waals surface area (Å²) in [6.45, 7) is 9.15. The average Bonchev–Trinajstić information content (AvgIpc) is 3.26. The number of halogens is 1. The lowest BCUT2D eigenvalue weighted by molar-refractivity contribution is 0.0168. The summed E-state index contributed by atoms with van der Waals surface area (Å²) in [6.07, 6.45) is 3.55. The molecule has 0 aliphatic carbocycles. The van der Waals surface area contributed by atoms with Crippen LogP contribution in [0, 0.1) is 5.92 Å². The summed E-state index contributed by atoms with van der Waals surface area (Å²) in [5, 5.41) is 6.71. The van der Waals surface area contributed by atoms with E-state index in [0.29, 0.717) is 12.0 Å². The minimum Gasteiger partial charge on any atom is -0.496 e. The van der Waals surface area contributed by atoms with Crippen molar-refractivity contribution in [1.82, 2.24) is 10.6 Å². The first-order chi connectivity index (χ1) is 14.2. The van der Waals surface area contributed by atoms with E-state index in [1.807, 2.05) is 30.0 Å². The molecule has 30 heavy (non-hydrogen) atoms. The maximum absolute atomic E-state index is 5.71. The molecule has 0 saturated carbocycles. The molecule has 2 rings (SSSR count). The first-order valence-electron chi connectivity index (χ1n) is 10.7. The van der Waals surface area contributed by atoms with Crippen molar-refractivity contribution in [3.63, 3.8) is 0 Å². The number of hydrogen-bond acceptors (Lipinski definition) is 5. The lowest BCUT2D eigenvalue weighted by Gasteiger charge is -2.14. The second-order valence-electron chi connectivity index (χ2n) is 7.28. The van der Waals surface area contributed by atoms with Crippen molar-refractivity contribution in [2.45, 2.75) is 44.1 Å². The molecular weight excluding hydrogens is 513 g/mol. The molecule has 6 nitrogen and oxygen atoms in total. The fourth-order valence-corrected chi connectivity index (χ4v) is 4.02. The van der Waals surface area contributed by atoms with Crippen LogP contribution in [0.3, 0.4) is 0 Å². The van der Waals surface area contributed by atoms with E-state index in [2.05, 4.69) is 30.5 Å². The lowest BCUT2D eigenvalue weighted by Crippen LogP contribution is -2.38. The van der Waals surface area contributed by atoms with Gasteiger partial charge in [0.15, 0.2) is 5.96 Å². The van der Waals surface area contributed by atoms with Crippen LogP contribution in [0.2, 0.25) is 0 Å². The van der Waals surface area contributed by atoms with E-state index in [9.17, 15) is 0 Å². The summed E-state index contributed by atoms with van der Waals surface area (Å²) < 4.78 is 16.7. The topological polar surface area (TPSA) is 64.1 Å². The molecule has 1 heterocycles. The maximum Gasteiger partial charge on any atom is 0.191 e. The third-order valence-electron chi connectivity index (χ3n) is 4.58. The van der Waals surface area contributed by atoms with E-state index in [1.54, 1.807) is 7.11 Å². The summed E-state index contributed by atoms with van der Waals surface area (Å²) in [7, 11) is 1.72. The highest BCUT2D eigenvalue weighted by Gasteiger charge is 2.14. The standard InChI is InChI=1S/C22H37N3O3S.HI/c1-4-23-22(24-12-8-13-27-16-19-9-7-14-28-19)25-15-18(2)17-29-21-11-6-5-10-20(21)26-3;/h5-6,10-11,18-19H,4,7-9,12-17H2,1-3H3,(H2,23,24,25);1H. The molecule has 1 aliphatic heterocycles. The predicted octanol–water partition coefficient (Wildman–Crippen LogP) is 4.18. The van der Waals surface area contributed by atoms with Gasteiger partial charge in [0.1, 0.15) is 5.75 Å². The number of guanidine groups is 1. The largest absolute Gasteiger partial charge is 0.496 e. The molecule has 0 spiro atoms. The molecule has 1 aromatic rings. The monoisotopic (exact) mass is 551 g/mol. The van der Waals surface area contributed by atoms with Crippen LogP contribution in [0.4, 0.5) is 0 Å². The van der Waals surface area contributed by atoms with Gasteiger partial charge >= 0.3 is 0 Å². The van der Waals surface area contributed by atoms with Gasteiger partial charge in [-0.2, -0.15) is 0 Å². The number of para-hydroxylation sites is 1. The zero-order valence-electron chi connectivity index (χ0n) is 18.5. The molecule has 0 bridgehead atoms. The van der Waals surface area contributed by atoms with Gasteiger partial charge in [0.05, 0.1) is 19.8 Å². The maximum atomic E-state index is 5.71. The fraction of sp³-hybridized carbons (Fsp3) is 0.682. The molecule has 172 valence electrons. The highest BCUT2D eigenvalue weighted by molar-refractivity contribution is 14.0. The summed E-state index contributed by atoms with van der Waals surface area (Å²) in [6, 6.07) is 8.15. The van der Waals surface area contributed by atoms with Gasteiger partial charge < -0.3 is 24.8 Å². The van der Waals surface area contributed by atoms with Crippen molar-refractivity contribution in [1.29, 1.82) is 0 Å². The molecule has 0 aromatic heterocycles. The first kappa shape index (κ1) is 27.3. The number of ether oxygens (including phenoxy) is 3. The van der Waals surface area contributed by atoms with Crippen molar-refractivity contribution in [3.05, 3.63) is 24.3 Å². The van der Waals surface area contributed by atoms with Gasteiger partial charge in [0.25, 0.3) is 0 Å². The van der Waals surface area contributed by atoms with Crippen molar-refractivity contribution in [2.24, 2.45) is 10.9 Å². The van der Waals surface area contributed by atoms with Gasteiger partial charge in [0, 0.05) is 43.5 Å². The van der Waals surface area contributed by atoms with Crippen LogP contribution in [0.25, 0.3) is 0 Å². The van der Waals surface area contributed by atoms with E-state index < -0.39 is 0 Å². The number of methoxy groups -OCH3 is 1. The second-order valence-corrected chi connectivity index (χ2v) is 8.34. The van der Waals surface area contributed by atoms with Gasteiger partial charge in [-0.25, -0.2) is 0 Å². The number of thioether (sulfide) groups is 1. The number of rotatable bonds is 13. The molecule has 1 saturated heterocycles. The molecule has 2 N–H and O–H groups in total. The van der Waals surface area contributed by atoms with Crippen LogP contribution in [-0.4, -0.2) is 64.4 Å². The molecule has 2 unspecified atom stereocenters. The fourth-order valence-electron chi connectivity index (χ4n) is 2.98. The smallest absolute Gasteiger partial charge is 0.191 e. The van der Waals surface area contributed by atoms with Crippen molar-refractivity contribution >= 4 is 41.7 Å². The molecule has 1 aliphatic rings. The first-order valence-corrected chi connectivity index (χ1v) is 11.7. The second kappa shape index (κ2) is 16.9. The van der Waals surface area contributed by atoms with Crippen LogP contribution in [-0.2, 0) is 9.47 Å². The number of nitrogens with zero attached hydrogens (tertiary/aromatic N) is 1. The minimum absolute atomic E-state index is 0. The lowest BCUT2D eigenvalue weighted by atomic mass is 10.2. The molecule has 0 amide bonds. The molecule has 0 radical (unpaired) electrons. The minimum atomic E-state index is 0. The van der Waals surface area contributed by atoms with Crippen LogP contribution < -0.4 is 15.4 Å². The normalized spacial score (nSPS) is 17.3. The number of nitrogens with one attached hydrogen (secondary N) is 2. The van der Waals surface area contributed by atoms with Crippen LogP contribution >= 0.6 is 35.7 Å². The van der Waals surface area contributed by atoms with Crippen molar-refractivity contribution in [3.8, 4) is 5.75 Å². The Bertz CT molecular complexity index is 601. The van der Waals surface area contributed by atoms with E-state index in [1.165, 1.54) is 4.90 Å². The Balaban J connectivity index is 0.00000450. The Labute approximate surface area is 203 Å². The molecule has 8 heteroatoms. The molecule has 1 aromatic carbocycles. The third-order valence-corrected chi connectivity index (χ3v) is 5.97. The van der Waals surface area contributed by atoms with E-state index in [4.69, 9.17) is 19.2 Å². The summed E-state index contributed by atoms with van der Waals surface area (Å²) in [4.78, 5) is 5.92. The Morgan fingerprint density at radius 2 is 2.17 bits per heavy atom. The van der Waals surface area contributed by atoms with Gasteiger partial charge in [-0.15, -0.1) is 35.7 Å². The van der Waals surface area contributed by atoms with Gasteiger partial charge in [-0.3, -0.25) is 4.99 Å². The Hall–Kier alpha value is -0.710. The quantitative estimate of drug-likeness (QED) is 0.126. The number of hydrogen-bond donors (Lipinski definition) is 2. The van der Waals surface area contributed by atoms with Crippen LogP contribution in [0.15, 0.2) is 34.2 Å². The van der Waals surface area contributed by atoms with E-state index in [-0.39, 0.29) is 24.0 Å². The van der Waals surface area contributed by atoms with Crippen LogP contribution in [0.5, 0.6) is 5.75 Å². The summed E-state index contributed by atoms with van der Waals surface area (Å²) in [5.41, 5.74) is 0. The van der Waals surface area contributed by atoms with Crippen molar-refractivity contribution < 1.29 is 14.2 Å². The number of benzene rings is 1. The Kier molecular flexibility index (Phi) is 15.4. The zero-order valence-corrected chi connectivity index (χ0v) is 21.7. The van der Waals surface area contributed by atoms with Crippen molar-refractivity contribution in [2.75, 3.05) is 52.3 Å². The van der Waals surface area contributed by atoms with E-state index in [0.717, 1.165) is 76.2 Å². The highest BCUT2D eigenvalue weighted by Crippen LogP contribution is 2.30. The average molecular weight is 552 g/mol. The Morgan fingerprint density at radius 3 is 2.90 bits per heavy atom. The Morgan fingerprint density at radius 1 is 1.33 bits per heavy atom. The third kappa shape index (κ3) is 11.1. The summed E-state index contributed by atoms with van der Waals surface area (Å²) in [5.74, 6) is 3.28. The highest BCUT2D eigenvalue weighted by atomic mass is 127. The predicted molar refractivity (Wildman–Crippen MR) is 137 cm³/mol. The molecule has 1 fully saturated rings. The van der Waals surface area contributed by atoms with Gasteiger partial charge in [-0.1, -0.05) is 19.1 Å². The number of aliphatic imine (C=N–C) groups is 1. The van der Waals surface area contributed by atoms with Gasteiger partial charge in [0.2, 0.25) is 0 Å². The molecule has 2 atom stereocenters. The van der Waals surface area contributed by atoms with Crippen LogP contribution in [0.1, 0.15) is 33.1 Å².